The van der Waals surface area contributed by atoms with Crippen molar-refractivity contribution in [1.82, 2.24) is 5.32 Å². The molecule has 3 N–H and O–H groups in total. The van der Waals surface area contributed by atoms with Gasteiger partial charge in [-0.2, -0.15) is 0 Å². The SMILES string of the molecule is C[C@@H](CN)NCc1cc2c(s1)CCCCC2. The second-order valence-electron chi connectivity index (χ2n) is 4.74. The van der Waals surface area contributed by atoms with Gasteiger partial charge in [-0.3, -0.25) is 0 Å². The molecule has 0 bridgehead atoms. The van der Waals surface area contributed by atoms with Crippen LogP contribution in [0.4, 0.5) is 0 Å². The zero-order chi connectivity index (χ0) is 11.4. The average molecular weight is 238 g/mol. The Balaban J connectivity index is 1.96. The molecule has 90 valence electrons. The number of hydrogen-bond acceptors (Lipinski definition) is 3. The Kier molecular flexibility index (Phi) is 4.38. The zero-order valence-corrected chi connectivity index (χ0v) is 10.9. The zero-order valence-electron chi connectivity index (χ0n) is 10.1. The van der Waals surface area contributed by atoms with Crippen LogP contribution in [0.2, 0.25) is 0 Å². The van der Waals surface area contributed by atoms with E-state index in [2.05, 4.69) is 18.3 Å². The molecule has 0 aliphatic heterocycles. The lowest BCUT2D eigenvalue weighted by Crippen LogP contribution is -2.32. The van der Waals surface area contributed by atoms with Crippen molar-refractivity contribution in [2.45, 2.75) is 51.6 Å². The Bertz CT molecular complexity index is 309. The molecule has 1 aliphatic rings. The summed E-state index contributed by atoms with van der Waals surface area (Å²) in [5, 5.41) is 3.46. The van der Waals surface area contributed by atoms with Gasteiger partial charge in [0.1, 0.15) is 0 Å². The Labute approximate surface area is 102 Å². The van der Waals surface area contributed by atoms with Gasteiger partial charge < -0.3 is 11.1 Å². The highest BCUT2D eigenvalue weighted by molar-refractivity contribution is 7.12. The average Bonchev–Trinajstić information content (AvgIpc) is 2.56. The number of thiophene rings is 1. The smallest absolute Gasteiger partial charge is 0.0302 e. The van der Waals surface area contributed by atoms with Gasteiger partial charge in [0.05, 0.1) is 0 Å². The molecule has 1 aromatic heterocycles. The summed E-state index contributed by atoms with van der Waals surface area (Å²) < 4.78 is 0. The van der Waals surface area contributed by atoms with E-state index in [1.54, 1.807) is 10.4 Å². The van der Waals surface area contributed by atoms with E-state index in [1.165, 1.54) is 37.0 Å². The van der Waals surface area contributed by atoms with E-state index in [-0.39, 0.29) is 0 Å². The van der Waals surface area contributed by atoms with E-state index in [4.69, 9.17) is 5.73 Å². The van der Waals surface area contributed by atoms with E-state index in [1.807, 2.05) is 11.3 Å². The van der Waals surface area contributed by atoms with Gasteiger partial charge in [-0.15, -0.1) is 11.3 Å². The molecule has 0 saturated heterocycles. The Morgan fingerprint density at radius 1 is 1.38 bits per heavy atom. The summed E-state index contributed by atoms with van der Waals surface area (Å²) in [7, 11) is 0. The molecule has 2 rings (SSSR count). The third-order valence-electron chi connectivity index (χ3n) is 3.28. The maximum Gasteiger partial charge on any atom is 0.0302 e. The summed E-state index contributed by atoms with van der Waals surface area (Å²) in [4.78, 5) is 3.11. The van der Waals surface area contributed by atoms with Crippen LogP contribution >= 0.6 is 11.3 Å². The van der Waals surface area contributed by atoms with Gasteiger partial charge in [0.2, 0.25) is 0 Å². The fourth-order valence-electron chi connectivity index (χ4n) is 2.17. The summed E-state index contributed by atoms with van der Waals surface area (Å²) >= 11 is 2.00. The molecule has 0 amide bonds. The summed E-state index contributed by atoms with van der Waals surface area (Å²) in [6.07, 6.45) is 6.74. The molecule has 1 atom stereocenters. The van der Waals surface area contributed by atoms with Crippen LogP contribution in [0.3, 0.4) is 0 Å². The van der Waals surface area contributed by atoms with Crippen LogP contribution in [0, 0.1) is 0 Å². The van der Waals surface area contributed by atoms with Crippen LogP contribution in [0.25, 0.3) is 0 Å². The van der Waals surface area contributed by atoms with E-state index in [0.717, 1.165) is 6.54 Å². The number of nitrogens with one attached hydrogen (secondary N) is 1. The lowest BCUT2D eigenvalue weighted by atomic mass is 10.1. The summed E-state index contributed by atoms with van der Waals surface area (Å²) in [6, 6.07) is 2.82. The minimum absolute atomic E-state index is 0.418. The predicted molar refractivity (Wildman–Crippen MR) is 70.9 cm³/mol. The molecular formula is C13H22N2S. The van der Waals surface area contributed by atoms with Crippen LogP contribution in [-0.2, 0) is 19.4 Å². The van der Waals surface area contributed by atoms with Crippen LogP contribution in [0.5, 0.6) is 0 Å². The first kappa shape index (κ1) is 12.1. The van der Waals surface area contributed by atoms with Crippen molar-refractivity contribution < 1.29 is 0 Å². The molecule has 3 heteroatoms. The fraction of sp³-hybridized carbons (Fsp3) is 0.692. The van der Waals surface area contributed by atoms with E-state index < -0.39 is 0 Å². The largest absolute Gasteiger partial charge is 0.329 e. The van der Waals surface area contributed by atoms with Crippen LogP contribution in [0.1, 0.15) is 41.5 Å². The Hall–Kier alpha value is -0.380. The predicted octanol–water partition coefficient (Wildman–Crippen LogP) is 2.45. The quantitative estimate of drug-likeness (QED) is 0.791. The molecule has 0 radical (unpaired) electrons. The van der Waals surface area contributed by atoms with E-state index in [0.29, 0.717) is 12.6 Å². The minimum Gasteiger partial charge on any atom is -0.329 e. The first-order chi connectivity index (χ1) is 7.79. The van der Waals surface area contributed by atoms with Gasteiger partial charge in [-0.1, -0.05) is 6.42 Å². The third-order valence-corrected chi connectivity index (χ3v) is 4.51. The van der Waals surface area contributed by atoms with Gasteiger partial charge in [0.15, 0.2) is 0 Å². The first-order valence-electron chi connectivity index (χ1n) is 6.33. The number of fused-ring (bicyclic) bond motifs is 1. The second-order valence-corrected chi connectivity index (χ2v) is 5.96. The van der Waals surface area contributed by atoms with Crippen molar-refractivity contribution in [3.8, 4) is 0 Å². The monoisotopic (exact) mass is 238 g/mol. The number of hydrogen-bond donors (Lipinski definition) is 2. The summed E-state index contributed by atoms with van der Waals surface area (Å²) in [6.45, 7) is 3.83. The third kappa shape index (κ3) is 3.06. The lowest BCUT2D eigenvalue weighted by molar-refractivity contribution is 0.560. The van der Waals surface area contributed by atoms with Crippen molar-refractivity contribution in [1.29, 1.82) is 0 Å². The molecule has 1 aliphatic carbocycles. The molecule has 0 aromatic carbocycles. The topological polar surface area (TPSA) is 38.0 Å². The molecular weight excluding hydrogens is 216 g/mol. The highest BCUT2D eigenvalue weighted by Gasteiger charge is 2.12. The summed E-state index contributed by atoms with van der Waals surface area (Å²) in [5.74, 6) is 0. The van der Waals surface area contributed by atoms with Crippen molar-refractivity contribution in [2.75, 3.05) is 6.54 Å². The lowest BCUT2D eigenvalue weighted by Gasteiger charge is -2.09. The fourth-order valence-corrected chi connectivity index (χ4v) is 3.39. The normalized spacial score (nSPS) is 17.9. The maximum absolute atomic E-state index is 5.60. The van der Waals surface area contributed by atoms with E-state index >= 15 is 0 Å². The number of nitrogens with two attached hydrogens (primary N) is 1. The molecule has 0 fully saturated rings. The molecule has 1 heterocycles. The highest BCUT2D eigenvalue weighted by Crippen LogP contribution is 2.28. The van der Waals surface area contributed by atoms with Crippen molar-refractivity contribution >= 4 is 11.3 Å². The van der Waals surface area contributed by atoms with Crippen LogP contribution < -0.4 is 11.1 Å². The van der Waals surface area contributed by atoms with Gasteiger partial charge in [-0.05, 0) is 44.2 Å². The highest BCUT2D eigenvalue weighted by atomic mass is 32.1. The Morgan fingerprint density at radius 2 is 2.19 bits per heavy atom. The molecule has 0 unspecified atom stereocenters. The second kappa shape index (κ2) is 5.80. The van der Waals surface area contributed by atoms with E-state index in [9.17, 15) is 0 Å². The van der Waals surface area contributed by atoms with Gasteiger partial charge in [-0.25, -0.2) is 0 Å². The van der Waals surface area contributed by atoms with Crippen LogP contribution in [0.15, 0.2) is 6.07 Å². The van der Waals surface area contributed by atoms with Crippen molar-refractivity contribution in [3.63, 3.8) is 0 Å². The van der Waals surface area contributed by atoms with Crippen LogP contribution in [-0.4, -0.2) is 12.6 Å². The van der Waals surface area contributed by atoms with Crippen molar-refractivity contribution in [2.24, 2.45) is 5.73 Å². The van der Waals surface area contributed by atoms with Gasteiger partial charge in [0, 0.05) is 28.9 Å². The molecule has 0 saturated carbocycles. The molecule has 16 heavy (non-hydrogen) atoms. The standard InChI is InChI=1S/C13H22N2S/c1-10(8-14)15-9-12-7-11-5-3-2-4-6-13(11)16-12/h7,10,15H,2-6,8-9,14H2,1H3/t10-/m0/s1. The Morgan fingerprint density at radius 3 is 3.00 bits per heavy atom. The van der Waals surface area contributed by atoms with Crippen molar-refractivity contribution in [3.05, 3.63) is 21.4 Å². The van der Waals surface area contributed by atoms with Gasteiger partial charge in [0.25, 0.3) is 0 Å². The maximum atomic E-state index is 5.60. The number of rotatable bonds is 4. The molecule has 0 spiro atoms. The summed E-state index contributed by atoms with van der Waals surface area (Å²) in [5.41, 5.74) is 7.21. The molecule has 2 nitrogen and oxygen atoms in total. The van der Waals surface area contributed by atoms with Gasteiger partial charge >= 0.3 is 0 Å². The number of aryl methyl sites for hydroxylation is 2. The minimum atomic E-state index is 0.418. The first-order valence-corrected chi connectivity index (χ1v) is 7.15. The molecule has 1 aromatic rings.